The summed E-state index contributed by atoms with van der Waals surface area (Å²) in [6.45, 7) is 9.40. The van der Waals surface area contributed by atoms with Crippen molar-refractivity contribution in [2.24, 2.45) is 5.41 Å². The first kappa shape index (κ1) is 20.3. The van der Waals surface area contributed by atoms with E-state index < -0.39 is 0 Å². The first-order chi connectivity index (χ1) is 9.88. The van der Waals surface area contributed by atoms with Crippen LogP contribution in [0.3, 0.4) is 0 Å². The number of hydrogen-bond donors (Lipinski definition) is 0. The van der Waals surface area contributed by atoms with E-state index in [0.717, 1.165) is 25.7 Å². The molecule has 0 amide bonds. The number of ether oxygens (including phenoxy) is 2. The molecule has 0 radical (unpaired) electrons. The van der Waals surface area contributed by atoms with Crippen molar-refractivity contribution < 1.29 is 19.1 Å². The van der Waals surface area contributed by atoms with Crippen molar-refractivity contribution in [3.05, 3.63) is 0 Å². The Hall–Kier alpha value is -0.740. The average Bonchev–Trinajstić information content (AvgIpc) is 2.40. The van der Waals surface area contributed by atoms with Gasteiger partial charge >= 0.3 is 0 Å². The van der Waals surface area contributed by atoms with Crippen LogP contribution in [-0.4, -0.2) is 38.0 Å². The molecule has 0 heterocycles. The number of ketones is 2. The van der Waals surface area contributed by atoms with Gasteiger partial charge in [-0.05, 0) is 12.8 Å². The predicted molar refractivity (Wildman–Crippen MR) is 84.5 cm³/mol. The third-order valence-electron chi connectivity index (χ3n) is 3.25. The first-order valence-electron chi connectivity index (χ1n) is 8.08. The quantitative estimate of drug-likeness (QED) is 0.488. The second-order valence-electron chi connectivity index (χ2n) is 6.44. The fourth-order valence-electron chi connectivity index (χ4n) is 1.67. The molecule has 0 fully saturated rings. The van der Waals surface area contributed by atoms with Crippen molar-refractivity contribution in [2.75, 3.05) is 26.4 Å². The molecular weight excluding hydrogens is 268 g/mol. The van der Waals surface area contributed by atoms with Gasteiger partial charge in [0.15, 0.2) is 5.78 Å². The smallest absolute Gasteiger partial charge is 0.163 e. The van der Waals surface area contributed by atoms with Gasteiger partial charge in [0.05, 0.1) is 13.2 Å². The highest BCUT2D eigenvalue weighted by Gasteiger charge is 2.20. The number of carbonyl (C=O) groups excluding carboxylic acids is 2. The minimum Gasteiger partial charge on any atom is -0.379 e. The molecule has 0 bridgehead atoms. The monoisotopic (exact) mass is 300 g/mol. The number of rotatable bonds is 13. The second kappa shape index (κ2) is 11.9. The van der Waals surface area contributed by atoms with Crippen LogP contribution in [0.1, 0.15) is 66.2 Å². The Kier molecular flexibility index (Phi) is 11.5. The molecule has 0 unspecified atom stereocenters. The molecule has 0 atom stereocenters. The van der Waals surface area contributed by atoms with Crippen molar-refractivity contribution in [3.8, 4) is 0 Å². The Morgan fingerprint density at radius 3 is 2.10 bits per heavy atom. The van der Waals surface area contributed by atoms with E-state index in [2.05, 4.69) is 6.92 Å². The molecule has 0 aromatic carbocycles. The molecule has 0 aliphatic carbocycles. The van der Waals surface area contributed by atoms with Gasteiger partial charge in [0.25, 0.3) is 0 Å². The van der Waals surface area contributed by atoms with Crippen LogP contribution in [0.4, 0.5) is 0 Å². The maximum absolute atomic E-state index is 11.6. The summed E-state index contributed by atoms with van der Waals surface area (Å²) < 4.78 is 10.7. The van der Waals surface area contributed by atoms with Crippen LogP contribution in [0.5, 0.6) is 0 Å². The first-order valence-corrected chi connectivity index (χ1v) is 8.08. The van der Waals surface area contributed by atoms with E-state index >= 15 is 0 Å². The summed E-state index contributed by atoms with van der Waals surface area (Å²) in [4.78, 5) is 23.1. The summed E-state index contributed by atoms with van der Waals surface area (Å²) in [5, 5.41) is 0. The minimum atomic E-state index is -0.348. The fourth-order valence-corrected chi connectivity index (χ4v) is 1.67. The van der Waals surface area contributed by atoms with Crippen LogP contribution in [0.15, 0.2) is 0 Å². The zero-order valence-electron chi connectivity index (χ0n) is 14.2. The molecule has 21 heavy (non-hydrogen) atoms. The van der Waals surface area contributed by atoms with E-state index in [9.17, 15) is 9.59 Å². The van der Waals surface area contributed by atoms with Gasteiger partial charge in [0.1, 0.15) is 12.4 Å². The summed E-state index contributed by atoms with van der Waals surface area (Å²) in [5.74, 6) is 0.430. The maximum Gasteiger partial charge on any atom is 0.163 e. The zero-order chi connectivity index (χ0) is 16.1. The number of Topliss-reactive ketones (excluding diaryl/α,β-unsaturated/α-hetero) is 2. The lowest BCUT2D eigenvalue weighted by Crippen LogP contribution is -2.25. The molecule has 0 N–H and O–H groups in total. The molecule has 0 aromatic rings. The average molecular weight is 300 g/mol. The van der Waals surface area contributed by atoms with Gasteiger partial charge in [0.2, 0.25) is 0 Å². The highest BCUT2D eigenvalue weighted by molar-refractivity contribution is 5.84. The number of hydrogen-bond acceptors (Lipinski definition) is 4. The van der Waals surface area contributed by atoms with Crippen LogP contribution in [-0.2, 0) is 19.1 Å². The largest absolute Gasteiger partial charge is 0.379 e. The van der Waals surface area contributed by atoms with Gasteiger partial charge in [-0.1, -0.05) is 40.5 Å². The van der Waals surface area contributed by atoms with Crippen LogP contribution in [0, 0.1) is 5.41 Å². The topological polar surface area (TPSA) is 52.6 Å². The van der Waals surface area contributed by atoms with Crippen molar-refractivity contribution >= 4 is 11.6 Å². The van der Waals surface area contributed by atoms with E-state index in [1.807, 2.05) is 20.8 Å². The molecule has 0 rings (SSSR count). The molecular formula is C17H32O4. The van der Waals surface area contributed by atoms with Gasteiger partial charge < -0.3 is 9.47 Å². The van der Waals surface area contributed by atoms with Gasteiger partial charge in [-0.3, -0.25) is 9.59 Å². The summed E-state index contributed by atoms with van der Waals surface area (Å²) >= 11 is 0. The SMILES string of the molecule is CCCCCC(=O)CCCOCCOCC(=O)C(C)(C)C. The van der Waals surface area contributed by atoms with E-state index in [4.69, 9.17) is 9.47 Å². The van der Waals surface area contributed by atoms with Crippen LogP contribution in [0.25, 0.3) is 0 Å². The summed E-state index contributed by atoms with van der Waals surface area (Å²) in [5.41, 5.74) is -0.348. The number of carbonyl (C=O) groups is 2. The fraction of sp³-hybridized carbons (Fsp3) is 0.882. The van der Waals surface area contributed by atoms with E-state index in [1.54, 1.807) is 0 Å². The third kappa shape index (κ3) is 12.7. The van der Waals surface area contributed by atoms with Crippen molar-refractivity contribution in [3.63, 3.8) is 0 Å². The van der Waals surface area contributed by atoms with Crippen LogP contribution >= 0.6 is 0 Å². The lowest BCUT2D eigenvalue weighted by molar-refractivity contribution is -0.131. The molecule has 0 saturated carbocycles. The number of unbranched alkanes of at least 4 members (excludes halogenated alkanes) is 2. The van der Waals surface area contributed by atoms with E-state index in [0.29, 0.717) is 38.4 Å². The summed E-state index contributed by atoms with van der Waals surface area (Å²) in [6, 6.07) is 0. The van der Waals surface area contributed by atoms with Crippen LogP contribution in [0.2, 0.25) is 0 Å². The van der Waals surface area contributed by atoms with Crippen molar-refractivity contribution in [2.45, 2.75) is 66.2 Å². The Morgan fingerprint density at radius 1 is 0.857 bits per heavy atom. The van der Waals surface area contributed by atoms with Crippen molar-refractivity contribution in [1.82, 2.24) is 0 Å². The summed E-state index contributed by atoms with van der Waals surface area (Å²) in [7, 11) is 0. The van der Waals surface area contributed by atoms with Gasteiger partial charge in [-0.25, -0.2) is 0 Å². The normalized spacial score (nSPS) is 11.6. The highest BCUT2D eigenvalue weighted by Crippen LogP contribution is 2.14. The standard InChI is InChI=1S/C17H32O4/c1-5-6-7-9-15(18)10-8-11-20-12-13-21-14-16(19)17(2,3)4/h5-14H2,1-4H3. The van der Waals surface area contributed by atoms with Crippen molar-refractivity contribution in [1.29, 1.82) is 0 Å². The molecule has 0 spiro atoms. The van der Waals surface area contributed by atoms with E-state index in [1.165, 1.54) is 0 Å². The Bertz CT molecular complexity index is 292. The van der Waals surface area contributed by atoms with Crippen LogP contribution < -0.4 is 0 Å². The molecule has 4 nitrogen and oxygen atoms in total. The Balaban J connectivity index is 3.33. The molecule has 4 heteroatoms. The molecule has 124 valence electrons. The van der Waals surface area contributed by atoms with E-state index in [-0.39, 0.29) is 17.8 Å². The molecule has 0 aliphatic heterocycles. The Labute approximate surface area is 129 Å². The zero-order valence-corrected chi connectivity index (χ0v) is 14.2. The van der Waals surface area contributed by atoms with Gasteiger partial charge in [0, 0.05) is 24.9 Å². The Morgan fingerprint density at radius 2 is 1.48 bits per heavy atom. The molecule has 0 aromatic heterocycles. The highest BCUT2D eigenvalue weighted by atomic mass is 16.5. The maximum atomic E-state index is 11.6. The third-order valence-corrected chi connectivity index (χ3v) is 3.25. The lowest BCUT2D eigenvalue weighted by atomic mass is 9.91. The lowest BCUT2D eigenvalue weighted by Gasteiger charge is -2.16. The predicted octanol–water partition coefficient (Wildman–Crippen LogP) is 3.56. The van der Waals surface area contributed by atoms with Gasteiger partial charge in [-0.2, -0.15) is 0 Å². The van der Waals surface area contributed by atoms with Gasteiger partial charge in [-0.15, -0.1) is 0 Å². The summed E-state index contributed by atoms with van der Waals surface area (Å²) in [6.07, 6.45) is 5.36. The molecule has 0 aliphatic rings. The second-order valence-corrected chi connectivity index (χ2v) is 6.44. The minimum absolute atomic E-state index is 0.0974. The molecule has 0 saturated heterocycles.